The number of nitrogens with zero attached hydrogens (tertiary/aromatic N) is 3. The van der Waals surface area contributed by atoms with E-state index in [4.69, 9.17) is 16.8 Å². The SMILES string of the molecule is CN1C=C(CCNCC2CCN(C3=NCC(C(=O)NO)=CN3)CC2)C2(C)C=C(Cl)C=CC12. The predicted molar refractivity (Wildman–Crippen MR) is 126 cm³/mol. The van der Waals surface area contributed by atoms with Gasteiger partial charge in [0, 0.05) is 36.8 Å². The Bertz CT molecular complexity index is 887. The number of amides is 1. The summed E-state index contributed by atoms with van der Waals surface area (Å²) < 4.78 is 0. The molecule has 0 aromatic carbocycles. The van der Waals surface area contributed by atoms with E-state index < -0.39 is 5.91 Å². The molecule has 1 aliphatic carbocycles. The molecule has 2 atom stereocenters. The van der Waals surface area contributed by atoms with Crippen LogP contribution in [0.15, 0.2) is 51.8 Å². The van der Waals surface area contributed by atoms with E-state index in [0.29, 0.717) is 17.5 Å². The number of aliphatic imine (C=N–C) groups is 1. The van der Waals surface area contributed by atoms with Crippen molar-refractivity contribution in [3.05, 3.63) is 46.8 Å². The van der Waals surface area contributed by atoms with E-state index in [1.54, 1.807) is 11.7 Å². The summed E-state index contributed by atoms with van der Waals surface area (Å²) in [6.45, 7) is 6.43. The van der Waals surface area contributed by atoms with Crippen molar-refractivity contribution in [1.82, 2.24) is 25.9 Å². The molecule has 9 heteroatoms. The molecule has 4 N–H and O–H groups in total. The van der Waals surface area contributed by atoms with E-state index in [1.807, 2.05) is 6.08 Å². The van der Waals surface area contributed by atoms with Gasteiger partial charge in [-0.15, -0.1) is 0 Å². The van der Waals surface area contributed by atoms with E-state index >= 15 is 0 Å². The van der Waals surface area contributed by atoms with Crippen molar-refractivity contribution >= 4 is 23.5 Å². The Kier molecular flexibility index (Phi) is 6.93. The second-order valence-corrected chi connectivity index (χ2v) is 9.65. The summed E-state index contributed by atoms with van der Waals surface area (Å²) in [7, 11) is 2.14. The van der Waals surface area contributed by atoms with E-state index in [9.17, 15) is 4.79 Å². The quantitative estimate of drug-likeness (QED) is 0.275. The summed E-state index contributed by atoms with van der Waals surface area (Å²) in [5.41, 5.74) is 3.47. The number of nitrogens with one attached hydrogen (secondary N) is 3. The highest BCUT2D eigenvalue weighted by molar-refractivity contribution is 6.31. The zero-order valence-corrected chi connectivity index (χ0v) is 19.5. The van der Waals surface area contributed by atoms with E-state index in [1.165, 1.54) is 5.57 Å². The van der Waals surface area contributed by atoms with Crippen LogP contribution >= 0.6 is 11.6 Å². The van der Waals surface area contributed by atoms with Crippen LogP contribution in [0.1, 0.15) is 26.2 Å². The van der Waals surface area contributed by atoms with Gasteiger partial charge in [0.25, 0.3) is 5.91 Å². The molecule has 0 bridgehead atoms. The Morgan fingerprint density at radius 1 is 1.41 bits per heavy atom. The molecule has 1 saturated heterocycles. The lowest BCUT2D eigenvalue weighted by Crippen LogP contribution is -2.47. The van der Waals surface area contributed by atoms with Crippen LogP contribution < -0.4 is 16.1 Å². The highest BCUT2D eigenvalue weighted by Crippen LogP contribution is 2.46. The normalized spacial score (nSPS) is 27.8. The minimum Gasteiger partial charge on any atom is -0.373 e. The van der Waals surface area contributed by atoms with E-state index in [-0.39, 0.29) is 12.0 Å². The van der Waals surface area contributed by atoms with Gasteiger partial charge in [-0.25, -0.2) is 10.5 Å². The van der Waals surface area contributed by atoms with Crippen LogP contribution in [-0.2, 0) is 4.79 Å². The van der Waals surface area contributed by atoms with E-state index in [0.717, 1.165) is 56.4 Å². The van der Waals surface area contributed by atoms with Gasteiger partial charge in [-0.1, -0.05) is 23.8 Å². The summed E-state index contributed by atoms with van der Waals surface area (Å²) in [5, 5.41) is 16.3. The number of carbonyl (C=O) groups excluding carboxylic acids is 1. The van der Waals surface area contributed by atoms with Crippen molar-refractivity contribution < 1.29 is 10.0 Å². The molecule has 8 nitrogen and oxygen atoms in total. The van der Waals surface area contributed by atoms with Gasteiger partial charge in [0.15, 0.2) is 5.96 Å². The number of hydrogen-bond acceptors (Lipinski definition) is 7. The highest BCUT2D eigenvalue weighted by Gasteiger charge is 2.42. The molecule has 174 valence electrons. The fourth-order valence-corrected chi connectivity index (χ4v) is 5.42. The topological polar surface area (TPSA) is 92.2 Å². The first-order valence-corrected chi connectivity index (χ1v) is 11.7. The number of likely N-dealkylation sites (N-methyl/N-ethyl adjacent to an activating group) is 1. The van der Waals surface area contributed by atoms with Crippen LogP contribution in [0, 0.1) is 11.3 Å². The summed E-state index contributed by atoms with van der Waals surface area (Å²) >= 11 is 6.31. The van der Waals surface area contributed by atoms with Crippen molar-refractivity contribution in [2.75, 3.05) is 39.8 Å². The zero-order valence-electron chi connectivity index (χ0n) is 18.8. The molecule has 0 aromatic heterocycles. The second kappa shape index (κ2) is 9.68. The number of likely N-dealkylation sites (tertiary alicyclic amines) is 1. The van der Waals surface area contributed by atoms with Gasteiger partial charge < -0.3 is 20.4 Å². The standard InChI is InChI=1S/C23H33ClN6O2/c1-23-11-19(24)3-4-20(23)29(2)15-18(23)5-8-25-12-16-6-9-30(10-7-16)22-26-13-17(14-27-22)21(31)28-32/h3-4,11,13,15-16,20,25,32H,5-10,12,14H2,1-2H3,(H,26,27)(H,28,31). The smallest absolute Gasteiger partial charge is 0.273 e. The molecule has 1 amide bonds. The molecule has 32 heavy (non-hydrogen) atoms. The van der Waals surface area contributed by atoms with Gasteiger partial charge in [0.2, 0.25) is 0 Å². The fourth-order valence-electron chi connectivity index (χ4n) is 5.12. The second-order valence-electron chi connectivity index (χ2n) is 9.21. The summed E-state index contributed by atoms with van der Waals surface area (Å²) in [6.07, 6.45) is 13.5. The van der Waals surface area contributed by atoms with Gasteiger partial charge in [-0.3, -0.25) is 10.0 Å². The first-order valence-electron chi connectivity index (χ1n) is 11.3. The van der Waals surface area contributed by atoms with Crippen molar-refractivity contribution in [2.45, 2.75) is 32.2 Å². The maximum absolute atomic E-state index is 11.4. The summed E-state index contributed by atoms with van der Waals surface area (Å²) in [5.74, 6) is 0.935. The number of carbonyl (C=O) groups is 1. The number of hydroxylamine groups is 1. The first kappa shape index (κ1) is 22.9. The number of halogens is 1. The Morgan fingerprint density at radius 2 is 2.19 bits per heavy atom. The molecule has 3 aliphatic heterocycles. The number of allylic oxidation sites excluding steroid dienone is 2. The number of piperidine rings is 1. The zero-order chi connectivity index (χ0) is 22.7. The lowest BCUT2D eigenvalue weighted by molar-refractivity contribution is -0.125. The Hall–Kier alpha value is -2.29. The van der Waals surface area contributed by atoms with Crippen LogP contribution in [0.4, 0.5) is 0 Å². The molecule has 0 radical (unpaired) electrons. The third-order valence-corrected chi connectivity index (χ3v) is 7.30. The van der Waals surface area contributed by atoms with Crippen molar-refractivity contribution in [3.63, 3.8) is 0 Å². The van der Waals surface area contributed by atoms with Crippen LogP contribution in [0.2, 0.25) is 0 Å². The van der Waals surface area contributed by atoms with Crippen molar-refractivity contribution in [2.24, 2.45) is 16.3 Å². The van der Waals surface area contributed by atoms with Crippen LogP contribution in [0.3, 0.4) is 0 Å². The molecule has 0 spiro atoms. The molecular weight excluding hydrogens is 428 g/mol. The molecule has 0 saturated carbocycles. The molecule has 1 fully saturated rings. The van der Waals surface area contributed by atoms with Gasteiger partial charge in [0.1, 0.15) is 0 Å². The maximum atomic E-state index is 11.4. The number of hydrogen-bond donors (Lipinski definition) is 4. The van der Waals surface area contributed by atoms with Gasteiger partial charge in [-0.2, -0.15) is 0 Å². The average Bonchev–Trinajstić information content (AvgIpc) is 3.05. The lowest BCUT2D eigenvalue weighted by atomic mass is 9.74. The monoisotopic (exact) mass is 460 g/mol. The maximum Gasteiger partial charge on any atom is 0.273 e. The van der Waals surface area contributed by atoms with Crippen molar-refractivity contribution in [3.8, 4) is 0 Å². The molecule has 3 heterocycles. The molecule has 4 rings (SSSR count). The van der Waals surface area contributed by atoms with Crippen LogP contribution in [-0.4, -0.2) is 72.7 Å². The number of fused-ring (bicyclic) bond motifs is 1. The van der Waals surface area contributed by atoms with Crippen molar-refractivity contribution in [1.29, 1.82) is 0 Å². The van der Waals surface area contributed by atoms with Crippen LogP contribution in [0.5, 0.6) is 0 Å². The predicted octanol–water partition coefficient (Wildman–Crippen LogP) is 1.92. The lowest BCUT2D eigenvalue weighted by Gasteiger charge is -2.35. The summed E-state index contributed by atoms with van der Waals surface area (Å²) in [4.78, 5) is 20.4. The van der Waals surface area contributed by atoms with Gasteiger partial charge in [-0.05, 0) is 63.0 Å². The Morgan fingerprint density at radius 3 is 2.88 bits per heavy atom. The summed E-state index contributed by atoms with van der Waals surface area (Å²) in [6, 6.07) is 0.351. The molecular formula is C23H33ClN6O2. The third-order valence-electron chi connectivity index (χ3n) is 7.07. The number of guanidine groups is 1. The minimum atomic E-state index is -0.520. The minimum absolute atomic E-state index is 0.0204. The first-order chi connectivity index (χ1) is 15.4. The third kappa shape index (κ3) is 4.72. The van der Waals surface area contributed by atoms with Gasteiger partial charge >= 0.3 is 0 Å². The van der Waals surface area contributed by atoms with Crippen LogP contribution in [0.25, 0.3) is 0 Å². The average molecular weight is 461 g/mol. The molecule has 2 unspecified atom stereocenters. The van der Waals surface area contributed by atoms with Gasteiger partial charge in [0.05, 0.1) is 18.2 Å². The highest BCUT2D eigenvalue weighted by atomic mass is 35.5. The number of rotatable bonds is 6. The fraction of sp³-hybridized carbons (Fsp3) is 0.565. The molecule has 0 aromatic rings. The Balaban J connectivity index is 1.18. The largest absolute Gasteiger partial charge is 0.373 e. The van der Waals surface area contributed by atoms with E-state index in [2.05, 4.69) is 57.7 Å². The molecule has 4 aliphatic rings. The Labute approximate surface area is 194 Å².